The summed E-state index contributed by atoms with van der Waals surface area (Å²) in [5.41, 5.74) is 7.92. The lowest BCUT2D eigenvalue weighted by Crippen LogP contribution is -2.40. The molecular formula is C16H25N3O2. The van der Waals surface area contributed by atoms with Gasteiger partial charge in [-0.05, 0) is 58.2 Å². The number of nitro groups is 1. The summed E-state index contributed by atoms with van der Waals surface area (Å²) >= 11 is 0. The van der Waals surface area contributed by atoms with Gasteiger partial charge in [-0.25, -0.2) is 0 Å². The minimum Gasteiger partial charge on any atom is -0.328 e. The molecule has 0 spiro atoms. The maximum atomic E-state index is 11.1. The summed E-state index contributed by atoms with van der Waals surface area (Å²) in [4.78, 5) is 13.2. The van der Waals surface area contributed by atoms with Crippen LogP contribution in [0.3, 0.4) is 0 Å². The molecule has 5 heteroatoms. The second-order valence-corrected chi connectivity index (χ2v) is 6.21. The molecule has 0 saturated carbocycles. The molecule has 2 N–H and O–H groups in total. The molecule has 0 aliphatic carbocycles. The molecule has 1 aliphatic rings. The third-order valence-corrected chi connectivity index (χ3v) is 4.78. The van der Waals surface area contributed by atoms with Crippen LogP contribution in [0.5, 0.6) is 0 Å². The molecule has 1 heterocycles. The molecule has 116 valence electrons. The number of nitrogens with two attached hydrogens (primary N) is 1. The van der Waals surface area contributed by atoms with Gasteiger partial charge in [0.05, 0.1) is 4.92 Å². The van der Waals surface area contributed by atoms with Crippen molar-refractivity contribution in [3.05, 3.63) is 39.4 Å². The normalized spacial score (nSPS) is 20.2. The maximum Gasteiger partial charge on any atom is 0.272 e. The van der Waals surface area contributed by atoms with Crippen molar-refractivity contribution in [1.29, 1.82) is 0 Å². The third kappa shape index (κ3) is 3.60. The van der Waals surface area contributed by atoms with E-state index < -0.39 is 0 Å². The lowest BCUT2D eigenvalue weighted by Gasteiger charge is -2.37. The number of nitrogens with zero attached hydrogens (tertiary/aromatic N) is 2. The summed E-state index contributed by atoms with van der Waals surface area (Å²) in [6.07, 6.45) is 2.21. The number of rotatable bonds is 4. The quantitative estimate of drug-likeness (QED) is 0.683. The van der Waals surface area contributed by atoms with Crippen LogP contribution in [0.2, 0.25) is 0 Å². The van der Waals surface area contributed by atoms with E-state index in [1.807, 2.05) is 12.1 Å². The van der Waals surface area contributed by atoms with Crippen molar-refractivity contribution in [2.45, 2.75) is 45.7 Å². The van der Waals surface area contributed by atoms with E-state index >= 15 is 0 Å². The molecule has 0 aromatic heterocycles. The van der Waals surface area contributed by atoms with Crippen molar-refractivity contribution in [2.24, 2.45) is 11.7 Å². The van der Waals surface area contributed by atoms with Gasteiger partial charge in [0.15, 0.2) is 0 Å². The van der Waals surface area contributed by atoms with Crippen molar-refractivity contribution in [1.82, 2.24) is 4.90 Å². The number of piperidine rings is 1. The van der Waals surface area contributed by atoms with Crippen molar-refractivity contribution in [2.75, 3.05) is 13.1 Å². The summed E-state index contributed by atoms with van der Waals surface area (Å²) in [6, 6.07) is 6.03. The smallest absolute Gasteiger partial charge is 0.272 e. The zero-order valence-electron chi connectivity index (χ0n) is 13.1. The van der Waals surface area contributed by atoms with Crippen LogP contribution in [-0.4, -0.2) is 29.0 Å². The lowest BCUT2D eigenvalue weighted by atomic mass is 9.89. The highest BCUT2D eigenvalue weighted by Crippen LogP contribution is 2.30. The van der Waals surface area contributed by atoms with Crippen molar-refractivity contribution < 1.29 is 4.92 Å². The number of aryl methyl sites for hydroxylation is 1. The largest absolute Gasteiger partial charge is 0.328 e. The molecule has 2 rings (SSSR count). The zero-order chi connectivity index (χ0) is 15.6. The SMILES string of the molecule is Cc1ccc(C(C)N2CCC(C(C)N)CC2)cc1[N+](=O)[O-]. The molecule has 0 bridgehead atoms. The Morgan fingerprint density at radius 2 is 1.95 bits per heavy atom. The Balaban J connectivity index is 2.09. The Bertz CT molecular complexity index is 508. The minimum absolute atomic E-state index is 0.207. The number of hydrogen-bond donors (Lipinski definition) is 1. The van der Waals surface area contributed by atoms with Crippen molar-refractivity contribution in [3.8, 4) is 0 Å². The van der Waals surface area contributed by atoms with Gasteiger partial charge in [0.25, 0.3) is 5.69 Å². The van der Waals surface area contributed by atoms with Crippen molar-refractivity contribution >= 4 is 5.69 Å². The summed E-state index contributed by atoms with van der Waals surface area (Å²) < 4.78 is 0. The molecule has 2 atom stereocenters. The molecule has 1 aromatic rings. The van der Waals surface area contributed by atoms with E-state index in [4.69, 9.17) is 5.73 Å². The van der Waals surface area contributed by atoms with Crippen LogP contribution >= 0.6 is 0 Å². The van der Waals surface area contributed by atoms with Gasteiger partial charge in [-0.2, -0.15) is 0 Å². The van der Waals surface area contributed by atoms with E-state index in [-0.39, 0.29) is 22.7 Å². The molecular weight excluding hydrogens is 266 g/mol. The highest BCUT2D eigenvalue weighted by molar-refractivity contribution is 5.43. The fourth-order valence-corrected chi connectivity index (χ4v) is 3.13. The van der Waals surface area contributed by atoms with Crippen LogP contribution in [-0.2, 0) is 0 Å². The Morgan fingerprint density at radius 3 is 2.48 bits per heavy atom. The molecule has 2 unspecified atom stereocenters. The number of nitro benzene ring substituents is 1. The highest BCUT2D eigenvalue weighted by Gasteiger charge is 2.26. The Hall–Kier alpha value is -1.46. The fraction of sp³-hybridized carbons (Fsp3) is 0.625. The van der Waals surface area contributed by atoms with Crippen LogP contribution in [0, 0.1) is 23.0 Å². The fourth-order valence-electron chi connectivity index (χ4n) is 3.13. The van der Waals surface area contributed by atoms with E-state index in [2.05, 4.69) is 18.7 Å². The summed E-state index contributed by atoms with van der Waals surface area (Å²) in [5, 5.41) is 11.1. The average Bonchev–Trinajstić information content (AvgIpc) is 2.46. The Kier molecular flexibility index (Phi) is 4.96. The molecule has 0 amide bonds. The summed E-state index contributed by atoms with van der Waals surface area (Å²) in [7, 11) is 0. The second-order valence-electron chi connectivity index (χ2n) is 6.21. The van der Waals surface area contributed by atoms with Gasteiger partial charge in [-0.1, -0.05) is 12.1 Å². The Morgan fingerprint density at radius 1 is 1.33 bits per heavy atom. The van der Waals surface area contributed by atoms with Gasteiger partial charge in [-0.3, -0.25) is 15.0 Å². The van der Waals surface area contributed by atoms with Crippen LogP contribution in [0.1, 0.15) is 43.9 Å². The van der Waals surface area contributed by atoms with Crippen molar-refractivity contribution in [3.63, 3.8) is 0 Å². The minimum atomic E-state index is -0.298. The van der Waals surface area contributed by atoms with Gasteiger partial charge in [0.2, 0.25) is 0 Å². The maximum absolute atomic E-state index is 11.1. The first-order valence-corrected chi connectivity index (χ1v) is 7.64. The number of benzene rings is 1. The predicted molar refractivity (Wildman–Crippen MR) is 84.2 cm³/mol. The average molecular weight is 291 g/mol. The van der Waals surface area contributed by atoms with E-state index in [1.54, 1.807) is 13.0 Å². The van der Waals surface area contributed by atoms with E-state index in [1.165, 1.54) is 0 Å². The molecule has 1 aliphatic heterocycles. The standard InChI is InChI=1S/C16H25N3O2/c1-11-4-5-15(10-16(11)19(20)21)13(3)18-8-6-14(7-9-18)12(2)17/h4-5,10,12-14H,6-9,17H2,1-3H3. The molecule has 5 nitrogen and oxygen atoms in total. The van der Waals surface area contributed by atoms with E-state index in [0.717, 1.165) is 31.5 Å². The summed E-state index contributed by atoms with van der Waals surface area (Å²) in [5.74, 6) is 0.598. The van der Waals surface area contributed by atoms with Gasteiger partial charge >= 0.3 is 0 Å². The molecule has 0 radical (unpaired) electrons. The zero-order valence-corrected chi connectivity index (χ0v) is 13.1. The summed E-state index contributed by atoms with van der Waals surface area (Å²) in [6.45, 7) is 8.00. The van der Waals surface area contributed by atoms with Gasteiger partial charge in [0.1, 0.15) is 0 Å². The van der Waals surface area contributed by atoms with Crippen LogP contribution in [0.4, 0.5) is 5.69 Å². The topological polar surface area (TPSA) is 72.4 Å². The van der Waals surface area contributed by atoms with E-state index in [0.29, 0.717) is 11.5 Å². The van der Waals surface area contributed by atoms with Gasteiger partial charge in [-0.15, -0.1) is 0 Å². The first kappa shape index (κ1) is 15.9. The number of likely N-dealkylation sites (tertiary alicyclic amines) is 1. The van der Waals surface area contributed by atoms with E-state index in [9.17, 15) is 10.1 Å². The monoisotopic (exact) mass is 291 g/mol. The Labute approximate surface area is 126 Å². The van der Waals surface area contributed by atoms with Crippen LogP contribution in [0.15, 0.2) is 18.2 Å². The first-order chi connectivity index (χ1) is 9.90. The number of hydrogen-bond acceptors (Lipinski definition) is 4. The lowest BCUT2D eigenvalue weighted by molar-refractivity contribution is -0.385. The van der Waals surface area contributed by atoms with Crippen LogP contribution < -0.4 is 5.73 Å². The first-order valence-electron chi connectivity index (χ1n) is 7.64. The predicted octanol–water partition coefficient (Wildman–Crippen LogP) is 3.02. The molecule has 21 heavy (non-hydrogen) atoms. The molecule has 1 fully saturated rings. The van der Waals surface area contributed by atoms with Crippen LogP contribution in [0.25, 0.3) is 0 Å². The second kappa shape index (κ2) is 6.54. The van der Waals surface area contributed by atoms with Gasteiger partial charge in [0, 0.05) is 23.7 Å². The molecule has 1 saturated heterocycles. The molecule has 1 aromatic carbocycles. The highest BCUT2D eigenvalue weighted by atomic mass is 16.6. The third-order valence-electron chi connectivity index (χ3n) is 4.78. The van der Waals surface area contributed by atoms with Gasteiger partial charge < -0.3 is 5.73 Å².